The maximum atomic E-state index is 12.5. The average Bonchev–Trinajstić information content (AvgIpc) is 2.51. The monoisotopic (exact) mass is 332 g/mol. The molecule has 126 valence electrons. The van der Waals surface area contributed by atoms with E-state index in [1.54, 1.807) is 6.92 Å². The Bertz CT molecular complexity index is 434. The second-order valence-electron chi connectivity index (χ2n) is 5.65. The summed E-state index contributed by atoms with van der Waals surface area (Å²) in [6.07, 6.45) is 2.03. The van der Waals surface area contributed by atoms with Crippen LogP contribution in [0.25, 0.3) is 0 Å². The van der Waals surface area contributed by atoms with Crippen LogP contribution in [0.1, 0.15) is 33.1 Å². The van der Waals surface area contributed by atoms with Crippen molar-refractivity contribution in [2.75, 3.05) is 19.6 Å². The van der Waals surface area contributed by atoms with Crippen molar-refractivity contribution in [1.82, 2.24) is 15.7 Å². The molecule has 0 aromatic heterocycles. The average molecular weight is 332 g/mol. The highest BCUT2D eigenvalue weighted by Gasteiger charge is 2.50. The number of nitrogens with two attached hydrogens (primary N) is 2. The van der Waals surface area contributed by atoms with Gasteiger partial charge in [0, 0.05) is 25.4 Å². The molecule has 0 bridgehead atoms. The molecular formula is C13H27N5O3P+. The first-order valence-corrected chi connectivity index (χ1v) is 8.98. The minimum absolute atomic E-state index is 0.156. The SMILES string of the molecule is CCCNC(=O)C(N)(N[P+](=O)[C@H]1CCCNC1=O)C(C)CN. The Morgan fingerprint density at radius 3 is 2.82 bits per heavy atom. The smallest absolute Gasteiger partial charge is 0.353 e. The molecule has 0 spiro atoms. The van der Waals surface area contributed by atoms with Gasteiger partial charge in [-0.05, 0) is 24.0 Å². The second kappa shape index (κ2) is 8.53. The molecule has 0 aromatic carbocycles. The fraction of sp³-hybridized carbons (Fsp3) is 0.846. The van der Waals surface area contributed by atoms with Crippen LogP contribution in [0.5, 0.6) is 0 Å². The molecule has 3 unspecified atom stereocenters. The summed E-state index contributed by atoms with van der Waals surface area (Å²) < 4.78 is 12.5. The molecule has 1 aliphatic rings. The van der Waals surface area contributed by atoms with Crippen LogP contribution in [0.4, 0.5) is 0 Å². The van der Waals surface area contributed by atoms with Crippen molar-refractivity contribution in [3.05, 3.63) is 0 Å². The molecule has 1 rings (SSSR count). The lowest BCUT2D eigenvalue weighted by Gasteiger charge is -2.30. The summed E-state index contributed by atoms with van der Waals surface area (Å²) >= 11 is 0. The van der Waals surface area contributed by atoms with Crippen LogP contribution in [0.15, 0.2) is 0 Å². The van der Waals surface area contributed by atoms with E-state index in [1.807, 2.05) is 6.92 Å². The van der Waals surface area contributed by atoms with E-state index in [-0.39, 0.29) is 12.5 Å². The lowest BCUT2D eigenvalue weighted by molar-refractivity contribution is -0.128. The third-order valence-corrected chi connectivity index (χ3v) is 5.53. The normalized spacial score (nSPS) is 23.2. The van der Waals surface area contributed by atoms with Crippen LogP contribution in [-0.4, -0.2) is 42.8 Å². The zero-order chi connectivity index (χ0) is 16.8. The molecule has 9 heteroatoms. The molecule has 4 atom stereocenters. The molecule has 0 radical (unpaired) electrons. The fourth-order valence-corrected chi connectivity index (χ4v) is 3.76. The Labute approximate surface area is 132 Å². The van der Waals surface area contributed by atoms with E-state index in [0.29, 0.717) is 19.5 Å². The Morgan fingerprint density at radius 1 is 1.59 bits per heavy atom. The van der Waals surface area contributed by atoms with Crippen LogP contribution >= 0.6 is 7.95 Å². The maximum Gasteiger partial charge on any atom is 0.447 e. The van der Waals surface area contributed by atoms with E-state index in [9.17, 15) is 14.2 Å². The van der Waals surface area contributed by atoms with Gasteiger partial charge in [0.1, 0.15) is 0 Å². The predicted octanol–water partition coefficient (Wildman–Crippen LogP) is -0.627. The molecule has 0 aliphatic carbocycles. The summed E-state index contributed by atoms with van der Waals surface area (Å²) in [5.41, 5.74) is 9.57. The number of amides is 2. The van der Waals surface area contributed by atoms with E-state index in [2.05, 4.69) is 15.7 Å². The van der Waals surface area contributed by atoms with Gasteiger partial charge in [0.2, 0.25) is 0 Å². The summed E-state index contributed by atoms with van der Waals surface area (Å²) in [6, 6.07) is 0. The first kappa shape index (κ1) is 19.0. The quantitative estimate of drug-likeness (QED) is 0.296. The van der Waals surface area contributed by atoms with Crippen LogP contribution < -0.4 is 27.2 Å². The molecule has 0 saturated carbocycles. The van der Waals surface area contributed by atoms with Gasteiger partial charge in [-0.15, -0.1) is 0 Å². The van der Waals surface area contributed by atoms with Crippen molar-refractivity contribution in [2.45, 2.75) is 44.4 Å². The number of piperidine rings is 1. The zero-order valence-corrected chi connectivity index (χ0v) is 14.1. The van der Waals surface area contributed by atoms with Crippen molar-refractivity contribution in [1.29, 1.82) is 0 Å². The molecule has 1 fully saturated rings. The highest BCUT2D eigenvalue weighted by molar-refractivity contribution is 7.44. The molecule has 7 N–H and O–H groups in total. The van der Waals surface area contributed by atoms with Crippen LogP contribution in [0.2, 0.25) is 0 Å². The van der Waals surface area contributed by atoms with Crippen molar-refractivity contribution < 1.29 is 14.2 Å². The van der Waals surface area contributed by atoms with Gasteiger partial charge in [0.15, 0.2) is 5.66 Å². The van der Waals surface area contributed by atoms with Crippen molar-refractivity contribution in [3.8, 4) is 0 Å². The number of carbonyl (C=O) groups excluding carboxylic acids is 2. The number of rotatable bonds is 8. The Kier molecular flexibility index (Phi) is 7.35. The summed E-state index contributed by atoms with van der Waals surface area (Å²) in [6.45, 7) is 4.84. The lowest BCUT2D eigenvalue weighted by Crippen LogP contribution is -2.67. The molecule has 1 heterocycles. The Morgan fingerprint density at radius 2 is 2.27 bits per heavy atom. The van der Waals surface area contributed by atoms with E-state index in [4.69, 9.17) is 11.5 Å². The van der Waals surface area contributed by atoms with Gasteiger partial charge >= 0.3 is 7.95 Å². The van der Waals surface area contributed by atoms with Crippen LogP contribution in [0, 0.1) is 5.92 Å². The number of hydrogen-bond donors (Lipinski definition) is 5. The number of hydrogen-bond acceptors (Lipinski definition) is 5. The molecule has 8 nitrogen and oxygen atoms in total. The Balaban J connectivity index is 2.85. The van der Waals surface area contributed by atoms with Gasteiger partial charge in [0.25, 0.3) is 17.5 Å². The second-order valence-corrected chi connectivity index (χ2v) is 7.15. The van der Waals surface area contributed by atoms with E-state index in [1.165, 1.54) is 0 Å². The summed E-state index contributed by atoms with van der Waals surface area (Å²) in [7, 11) is -2.17. The highest BCUT2D eigenvalue weighted by Crippen LogP contribution is 2.32. The van der Waals surface area contributed by atoms with E-state index in [0.717, 1.165) is 12.8 Å². The molecule has 1 saturated heterocycles. The fourth-order valence-electron chi connectivity index (χ4n) is 2.20. The largest absolute Gasteiger partial charge is 0.447 e. The third kappa shape index (κ3) is 4.46. The van der Waals surface area contributed by atoms with Crippen molar-refractivity contribution in [2.24, 2.45) is 17.4 Å². The topological polar surface area (TPSA) is 139 Å². The first-order valence-electron chi connectivity index (χ1n) is 7.65. The predicted molar refractivity (Wildman–Crippen MR) is 85.2 cm³/mol. The number of nitrogens with one attached hydrogen (secondary N) is 3. The van der Waals surface area contributed by atoms with Crippen molar-refractivity contribution >= 4 is 19.8 Å². The maximum absolute atomic E-state index is 12.5. The summed E-state index contributed by atoms with van der Waals surface area (Å²) in [5.74, 6) is -1.15. The molecule has 2 amide bonds. The Hall–Kier alpha value is -1.08. The van der Waals surface area contributed by atoms with Gasteiger partial charge in [-0.3, -0.25) is 9.59 Å². The molecule has 22 heavy (non-hydrogen) atoms. The minimum Gasteiger partial charge on any atom is -0.353 e. The molecule has 0 aromatic rings. The molecule has 1 aliphatic heterocycles. The minimum atomic E-state index is -2.17. The van der Waals surface area contributed by atoms with E-state index >= 15 is 0 Å². The molecular weight excluding hydrogens is 305 g/mol. The highest BCUT2D eigenvalue weighted by atomic mass is 31.1. The van der Waals surface area contributed by atoms with E-state index < -0.39 is 31.1 Å². The summed E-state index contributed by atoms with van der Waals surface area (Å²) in [4.78, 5) is 24.1. The lowest BCUT2D eigenvalue weighted by atomic mass is 9.95. The van der Waals surface area contributed by atoms with Gasteiger partial charge < -0.3 is 22.1 Å². The van der Waals surface area contributed by atoms with Gasteiger partial charge in [0.05, 0.1) is 0 Å². The summed E-state index contributed by atoms with van der Waals surface area (Å²) in [5, 5.41) is 8.06. The first-order chi connectivity index (χ1) is 10.4. The van der Waals surface area contributed by atoms with Gasteiger partial charge in [-0.1, -0.05) is 18.9 Å². The standard InChI is InChI=1S/C13H26N5O3P/c1-3-6-17-12(20)13(15,9(2)8-14)18-22(21)10-5-4-7-16-11(10)19/h9-10H,3-8,14-15H2,1-2H3,(H2-,16,17,18,19,20,21)/p+1/t9?,10-,13?/m0/s1. The van der Waals surface area contributed by atoms with Gasteiger partial charge in [-0.25, -0.2) is 0 Å². The van der Waals surface area contributed by atoms with Gasteiger partial charge in [-0.2, -0.15) is 0 Å². The zero-order valence-electron chi connectivity index (χ0n) is 13.2. The number of carbonyl (C=O) groups is 2. The third-order valence-electron chi connectivity index (χ3n) is 3.88. The van der Waals surface area contributed by atoms with Crippen molar-refractivity contribution in [3.63, 3.8) is 0 Å². The van der Waals surface area contributed by atoms with Crippen LogP contribution in [0.3, 0.4) is 0 Å². The van der Waals surface area contributed by atoms with Crippen LogP contribution in [-0.2, 0) is 14.2 Å².